The molecule has 0 saturated heterocycles. The van der Waals surface area contributed by atoms with Crippen molar-refractivity contribution in [3.8, 4) is 0 Å². The lowest BCUT2D eigenvalue weighted by molar-refractivity contribution is 0.0600. The molecule has 88 valence electrons. The maximum Gasteiger partial charge on any atom is 0.337 e. The van der Waals surface area contributed by atoms with Crippen LogP contribution in [0.3, 0.4) is 0 Å². The predicted molar refractivity (Wildman–Crippen MR) is 62.5 cm³/mol. The van der Waals surface area contributed by atoms with Crippen LogP contribution >= 0.6 is 0 Å². The van der Waals surface area contributed by atoms with Gasteiger partial charge in [0.15, 0.2) is 0 Å². The molecule has 0 unspecified atom stereocenters. The van der Waals surface area contributed by atoms with E-state index in [1.165, 1.54) is 7.11 Å². The monoisotopic (exact) mass is 233 g/mol. The molecule has 0 saturated carbocycles. The molecule has 0 aliphatic rings. The Bertz CT molecular complexity index is 608. The number of benzene rings is 1. The van der Waals surface area contributed by atoms with Gasteiger partial charge >= 0.3 is 5.97 Å². The Balaban J connectivity index is 2.77. The molecule has 2 rings (SSSR count). The van der Waals surface area contributed by atoms with Crippen LogP contribution in [0.4, 0.5) is 4.39 Å². The van der Waals surface area contributed by atoms with Crippen molar-refractivity contribution in [2.45, 2.75) is 13.8 Å². The first-order chi connectivity index (χ1) is 8.02. The van der Waals surface area contributed by atoms with Gasteiger partial charge in [0, 0.05) is 11.1 Å². The zero-order valence-electron chi connectivity index (χ0n) is 9.87. The number of aromatic nitrogens is 1. The average Bonchev–Trinajstić information content (AvgIpc) is 2.29. The summed E-state index contributed by atoms with van der Waals surface area (Å²) in [6.07, 6.45) is 0. The van der Waals surface area contributed by atoms with E-state index in [1.54, 1.807) is 13.0 Å². The van der Waals surface area contributed by atoms with Crippen LogP contribution < -0.4 is 0 Å². The molecule has 0 N–H and O–H groups in total. The highest BCUT2D eigenvalue weighted by molar-refractivity contribution is 5.95. The van der Waals surface area contributed by atoms with Gasteiger partial charge < -0.3 is 4.74 Å². The van der Waals surface area contributed by atoms with Crippen molar-refractivity contribution in [2.24, 2.45) is 0 Å². The topological polar surface area (TPSA) is 39.2 Å². The van der Waals surface area contributed by atoms with Crippen molar-refractivity contribution in [1.82, 2.24) is 4.98 Å². The zero-order chi connectivity index (χ0) is 12.6. The van der Waals surface area contributed by atoms with Crippen molar-refractivity contribution in [2.75, 3.05) is 7.11 Å². The third-order valence-corrected chi connectivity index (χ3v) is 2.62. The first kappa shape index (κ1) is 11.5. The van der Waals surface area contributed by atoms with Gasteiger partial charge in [0.05, 0.1) is 12.7 Å². The molecular weight excluding hydrogens is 221 g/mol. The van der Waals surface area contributed by atoms with E-state index in [2.05, 4.69) is 9.72 Å². The van der Waals surface area contributed by atoms with Crippen molar-refractivity contribution in [3.05, 3.63) is 40.8 Å². The molecule has 17 heavy (non-hydrogen) atoms. The van der Waals surface area contributed by atoms with Crippen LogP contribution in [0.2, 0.25) is 0 Å². The molecule has 3 nitrogen and oxygen atoms in total. The smallest absolute Gasteiger partial charge is 0.337 e. The molecular formula is C13H12FNO2. The summed E-state index contributed by atoms with van der Waals surface area (Å²) in [5.41, 5.74) is 2.12. The van der Waals surface area contributed by atoms with E-state index in [1.807, 2.05) is 13.0 Å². The molecule has 0 spiro atoms. The molecule has 0 fully saturated rings. The molecule has 0 amide bonds. The molecule has 0 aliphatic carbocycles. The number of pyridine rings is 1. The first-order valence-corrected chi connectivity index (χ1v) is 5.18. The quantitative estimate of drug-likeness (QED) is 0.711. The lowest BCUT2D eigenvalue weighted by Gasteiger charge is -2.07. The van der Waals surface area contributed by atoms with E-state index in [0.717, 1.165) is 17.3 Å². The number of hydrogen-bond acceptors (Lipinski definition) is 3. The Morgan fingerprint density at radius 1 is 1.29 bits per heavy atom. The summed E-state index contributed by atoms with van der Waals surface area (Å²) < 4.78 is 18.4. The van der Waals surface area contributed by atoms with Crippen LogP contribution in [0.1, 0.15) is 21.6 Å². The molecule has 1 aromatic heterocycles. The number of nitrogens with zero attached hydrogens (tertiary/aromatic N) is 1. The van der Waals surface area contributed by atoms with Gasteiger partial charge in [0.2, 0.25) is 0 Å². The van der Waals surface area contributed by atoms with Gasteiger partial charge in [0.25, 0.3) is 0 Å². The number of halogens is 1. The fourth-order valence-corrected chi connectivity index (χ4v) is 1.85. The van der Waals surface area contributed by atoms with Crippen LogP contribution in [0.15, 0.2) is 18.2 Å². The number of methoxy groups -OCH3 is 1. The zero-order valence-corrected chi connectivity index (χ0v) is 9.87. The number of esters is 1. The Morgan fingerprint density at radius 2 is 2.00 bits per heavy atom. The SMILES string of the molecule is COC(=O)c1cc(F)c2nc(C)cc(C)c2c1. The molecule has 1 heterocycles. The van der Waals surface area contributed by atoms with Gasteiger partial charge in [-0.25, -0.2) is 9.18 Å². The Labute approximate surface area is 98.2 Å². The maximum atomic E-state index is 13.8. The van der Waals surface area contributed by atoms with Gasteiger partial charge in [-0.2, -0.15) is 0 Å². The second kappa shape index (κ2) is 4.13. The summed E-state index contributed by atoms with van der Waals surface area (Å²) in [7, 11) is 1.27. The third kappa shape index (κ3) is 1.98. The fourth-order valence-electron chi connectivity index (χ4n) is 1.85. The number of aryl methyl sites for hydroxylation is 2. The standard InChI is InChI=1S/C13H12FNO2/c1-7-4-8(2)15-12-10(7)5-9(6-11(12)14)13(16)17-3/h4-6H,1-3H3. The molecule has 2 aromatic rings. The van der Waals surface area contributed by atoms with Gasteiger partial charge in [-0.05, 0) is 37.6 Å². The molecule has 0 radical (unpaired) electrons. The summed E-state index contributed by atoms with van der Waals surface area (Å²) in [6.45, 7) is 3.66. The number of fused-ring (bicyclic) bond motifs is 1. The largest absolute Gasteiger partial charge is 0.465 e. The maximum absolute atomic E-state index is 13.8. The highest BCUT2D eigenvalue weighted by Crippen LogP contribution is 2.22. The van der Waals surface area contributed by atoms with E-state index in [-0.39, 0.29) is 11.1 Å². The van der Waals surface area contributed by atoms with E-state index >= 15 is 0 Å². The lowest BCUT2D eigenvalue weighted by Crippen LogP contribution is -2.03. The van der Waals surface area contributed by atoms with Crippen LogP contribution in [0, 0.1) is 19.7 Å². The highest BCUT2D eigenvalue weighted by Gasteiger charge is 2.13. The average molecular weight is 233 g/mol. The molecule has 0 atom stereocenters. The van der Waals surface area contributed by atoms with E-state index in [4.69, 9.17) is 0 Å². The molecule has 0 aliphatic heterocycles. The normalized spacial score (nSPS) is 10.6. The van der Waals surface area contributed by atoms with E-state index in [0.29, 0.717) is 5.39 Å². The van der Waals surface area contributed by atoms with Crippen molar-refractivity contribution in [3.63, 3.8) is 0 Å². The van der Waals surface area contributed by atoms with Crippen LogP contribution in [-0.2, 0) is 4.74 Å². The number of carbonyl (C=O) groups excluding carboxylic acids is 1. The van der Waals surface area contributed by atoms with E-state index in [9.17, 15) is 9.18 Å². The molecule has 4 heteroatoms. The number of hydrogen-bond donors (Lipinski definition) is 0. The van der Waals surface area contributed by atoms with Crippen molar-refractivity contribution >= 4 is 16.9 Å². The molecule has 1 aromatic carbocycles. The fraction of sp³-hybridized carbons (Fsp3) is 0.231. The minimum Gasteiger partial charge on any atom is -0.465 e. The minimum absolute atomic E-state index is 0.200. The summed E-state index contributed by atoms with van der Waals surface area (Å²) >= 11 is 0. The van der Waals surface area contributed by atoms with E-state index < -0.39 is 11.8 Å². The third-order valence-electron chi connectivity index (χ3n) is 2.62. The number of ether oxygens (including phenoxy) is 1. The first-order valence-electron chi connectivity index (χ1n) is 5.18. The van der Waals surface area contributed by atoms with Crippen LogP contribution in [0.25, 0.3) is 10.9 Å². The van der Waals surface area contributed by atoms with Gasteiger partial charge in [-0.3, -0.25) is 4.98 Å². The van der Waals surface area contributed by atoms with Gasteiger partial charge in [-0.1, -0.05) is 0 Å². The van der Waals surface area contributed by atoms with Crippen LogP contribution in [-0.4, -0.2) is 18.1 Å². The second-order valence-electron chi connectivity index (χ2n) is 3.93. The lowest BCUT2D eigenvalue weighted by atomic mass is 10.1. The Morgan fingerprint density at radius 3 is 2.65 bits per heavy atom. The van der Waals surface area contributed by atoms with Gasteiger partial charge in [0.1, 0.15) is 11.3 Å². The summed E-state index contributed by atoms with van der Waals surface area (Å²) in [4.78, 5) is 15.5. The van der Waals surface area contributed by atoms with Gasteiger partial charge in [-0.15, -0.1) is 0 Å². The Kier molecular flexibility index (Phi) is 2.79. The van der Waals surface area contributed by atoms with Crippen molar-refractivity contribution in [1.29, 1.82) is 0 Å². The number of rotatable bonds is 1. The minimum atomic E-state index is -0.550. The van der Waals surface area contributed by atoms with Crippen LogP contribution in [0.5, 0.6) is 0 Å². The molecule has 0 bridgehead atoms. The highest BCUT2D eigenvalue weighted by atomic mass is 19.1. The summed E-state index contributed by atoms with van der Waals surface area (Å²) in [5, 5.41) is 0.635. The second-order valence-corrected chi connectivity index (χ2v) is 3.93. The number of carbonyl (C=O) groups is 1. The summed E-state index contributed by atoms with van der Waals surface area (Å²) in [6, 6.07) is 4.61. The predicted octanol–water partition coefficient (Wildman–Crippen LogP) is 2.78. The summed E-state index contributed by atoms with van der Waals surface area (Å²) in [5.74, 6) is -1.06. The van der Waals surface area contributed by atoms with Crippen molar-refractivity contribution < 1.29 is 13.9 Å². The Hall–Kier alpha value is -1.97.